The summed E-state index contributed by atoms with van der Waals surface area (Å²) < 4.78 is 27.9. The van der Waals surface area contributed by atoms with Crippen LogP contribution in [-0.2, 0) is 14.8 Å². The molecule has 0 spiro atoms. The van der Waals surface area contributed by atoms with Gasteiger partial charge in [-0.15, -0.1) is 0 Å². The summed E-state index contributed by atoms with van der Waals surface area (Å²) in [5.74, 6) is 1.14. The molecule has 0 bridgehead atoms. The Morgan fingerprint density at radius 1 is 1.05 bits per heavy atom. The van der Waals surface area contributed by atoms with Gasteiger partial charge in [0.1, 0.15) is 12.1 Å². The zero-order chi connectivity index (χ0) is 26.0. The van der Waals surface area contributed by atoms with E-state index in [4.69, 9.17) is 0 Å². The number of piperidine rings is 1. The summed E-state index contributed by atoms with van der Waals surface area (Å²) in [5.41, 5.74) is 2.37. The lowest BCUT2D eigenvalue weighted by Crippen LogP contribution is -2.38. The Balaban J connectivity index is 1.33. The van der Waals surface area contributed by atoms with E-state index in [9.17, 15) is 13.2 Å². The van der Waals surface area contributed by atoms with Crippen LogP contribution in [0.4, 0.5) is 11.5 Å². The fourth-order valence-corrected chi connectivity index (χ4v) is 6.33. The summed E-state index contributed by atoms with van der Waals surface area (Å²) >= 11 is 0. The van der Waals surface area contributed by atoms with Crippen molar-refractivity contribution in [3.63, 3.8) is 0 Å². The van der Waals surface area contributed by atoms with E-state index in [-0.39, 0.29) is 16.6 Å². The molecular weight excluding hydrogens is 486 g/mol. The van der Waals surface area contributed by atoms with Crippen LogP contribution in [-0.4, -0.2) is 54.8 Å². The highest BCUT2D eigenvalue weighted by Gasteiger charge is 2.27. The zero-order valence-electron chi connectivity index (χ0n) is 21.1. The summed E-state index contributed by atoms with van der Waals surface area (Å²) in [6.45, 7) is 3.79. The highest BCUT2D eigenvalue weighted by Crippen LogP contribution is 2.31. The quantitative estimate of drug-likeness (QED) is 0.345. The largest absolute Gasteiger partial charge is 0.367 e. The van der Waals surface area contributed by atoms with Crippen molar-refractivity contribution in [2.24, 2.45) is 5.92 Å². The van der Waals surface area contributed by atoms with Gasteiger partial charge in [0.25, 0.3) is 10.0 Å². The number of benzene rings is 2. The molecule has 0 amide bonds. The number of fused-ring (bicyclic) bond motifs is 1. The van der Waals surface area contributed by atoms with Crippen LogP contribution in [0, 0.1) is 12.8 Å². The van der Waals surface area contributed by atoms with Crippen molar-refractivity contribution < 1.29 is 13.2 Å². The van der Waals surface area contributed by atoms with Crippen molar-refractivity contribution in [3.05, 3.63) is 78.8 Å². The number of aryl methyl sites for hydroxylation is 1. The van der Waals surface area contributed by atoms with Crippen molar-refractivity contribution >= 4 is 38.3 Å². The van der Waals surface area contributed by atoms with Gasteiger partial charge in [0.15, 0.2) is 11.4 Å². The standard InChI is InChI=1S/C28H31N5O3S/c1-21-10-12-25(13-11-21)37(35,36)33-16-14-26-27(29-20-30-28(26)33)32-15-6-7-22(18-32)17-24(34)19-31(2)23-8-4-3-5-9-23/h3-5,8-14,16,20,22H,6-7,15,17-19H2,1-2H3. The topological polar surface area (TPSA) is 88.4 Å². The maximum Gasteiger partial charge on any atom is 0.269 e. The van der Waals surface area contributed by atoms with E-state index < -0.39 is 10.0 Å². The lowest BCUT2D eigenvalue weighted by Gasteiger charge is -2.34. The first kappa shape index (κ1) is 25.0. The summed E-state index contributed by atoms with van der Waals surface area (Å²) in [5, 5.41) is 0.689. The highest BCUT2D eigenvalue weighted by molar-refractivity contribution is 7.90. The predicted molar refractivity (Wildman–Crippen MR) is 146 cm³/mol. The van der Waals surface area contributed by atoms with Gasteiger partial charge in [-0.3, -0.25) is 4.79 Å². The van der Waals surface area contributed by atoms with Crippen molar-refractivity contribution in [1.29, 1.82) is 0 Å². The Labute approximate surface area is 217 Å². The molecule has 2 aromatic heterocycles. The number of likely N-dealkylation sites (N-methyl/N-ethyl adjacent to an activating group) is 1. The first-order valence-electron chi connectivity index (χ1n) is 12.5. The Hall–Kier alpha value is -3.72. The Morgan fingerprint density at radius 2 is 1.81 bits per heavy atom. The average Bonchev–Trinajstić information content (AvgIpc) is 3.35. The molecule has 1 fully saturated rings. The van der Waals surface area contributed by atoms with Crippen LogP contribution in [0.1, 0.15) is 24.8 Å². The summed E-state index contributed by atoms with van der Waals surface area (Å²) in [7, 11) is -1.85. The van der Waals surface area contributed by atoms with E-state index in [1.165, 1.54) is 10.3 Å². The van der Waals surface area contributed by atoms with Crippen molar-refractivity contribution in [2.75, 3.05) is 36.5 Å². The molecule has 0 saturated carbocycles. The maximum atomic E-state index is 13.3. The Morgan fingerprint density at radius 3 is 2.57 bits per heavy atom. The van der Waals surface area contributed by atoms with Gasteiger partial charge in [-0.1, -0.05) is 35.9 Å². The van der Waals surface area contributed by atoms with Crippen LogP contribution >= 0.6 is 0 Å². The molecule has 0 radical (unpaired) electrons. The number of hydrogen-bond donors (Lipinski definition) is 0. The van der Waals surface area contributed by atoms with Crippen LogP contribution in [0.25, 0.3) is 11.0 Å². The lowest BCUT2D eigenvalue weighted by atomic mass is 9.92. The van der Waals surface area contributed by atoms with E-state index in [0.29, 0.717) is 36.4 Å². The van der Waals surface area contributed by atoms with Crippen molar-refractivity contribution in [1.82, 2.24) is 13.9 Å². The van der Waals surface area contributed by atoms with Crippen LogP contribution in [0.15, 0.2) is 78.1 Å². The minimum absolute atomic E-state index is 0.210. The Kier molecular flexibility index (Phi) is 6.97. The molecular formula is C28H31N5O3S. The number of carbonyl (C=O) groups excluding carboxylic acids is 1. The first-order valence-corrected chi connectivity index (χ1v) is 13.9. The molecule has 1 aliphatic rings. The summed E-state index contributed by atoms with van der Waals surface area (Å²) in [6, 6.07) is 18.5. The number of ketones is 1. The third kappa shape index (κ3) is 5.22. The number of rotatable bonds is 8. The number of hydrogen-bond acceptors (Lipinski definition) is 7. The van der Waals surface area contributed by atoms with Gasteiger partial charge < -0.3 is 9.80 Å². The van der Waals surface area contributed by atoms with Gasteiger partial charge in [-0.05, 0) is 56.0 Å². The second-order valence-electron chi connectivity index (χ2n) is 9.75. The molecule has 1 saturated heterocycles. The SMILES string of the molecule is Cc1ccc(S(=O)(=O)n2ccc3c(N4CCCC(CC(=O)CN(C)c5ccccc5)C4)ncnc32)cc1. The molecule has 9 heteroatoms. The molecule has 2 aromatic carbocycles. The summed E-state index contributed by atoms with van der Waals surface area (Å²) in [4.78, 5) is 26.1. The minimum atomic E-state index is -3.79. The summed E-state index contributed by atoms with van der Waals surface area (Å²) in [6.07, 6.45) is 5.39. The maximum absolute atomic E-state index is 13.3. The molecule has 4 aromatic rings. The van der Waals surface area contributed by atoms with Crippen molar-refractivity contribution in [3.8, 4) is 0 Å². The predicted octanol–water partition coefficient (Wildman–Crippen LogP) is 4.29. The second-order valence-corrected chi connectivity index (χ2v) is 11.6. The van der Waals surface area contributed by atoms with Gasteiger partial charge in [-0.2, -0.15) is 0 Å². The van der Waals surface area contributed by atoms with Gasteiger partial charge in [0.2, 0.25) is 0 Å². The van der Waals surface area contributed by atoms with Crippen LogP contribution in [0.3, 0.4) is 0 Å². The molecule has 0 N–H and O–H groups in total. The van der Waals surface area contributed by atoms with Gasteiger partial charge >= 0.3 is 0 Å². The molecule has 8 nitrogen and oxygen atoms in total. The smallest absolute Gasteiger partial charge is 0.269 e. The average molecular weight is 518 g/mol. The zero-order valence-corrected chi connectivity index (χ0v) is 21.9. The molecule has 192 valence electrons. The van der Waals surface area contributed by atoms with E-state index in [1.54, 1.807) is 36.5 Å². The van der Waals surface area contributed by atoms with Gasteiger partial charge in [0.05, 0.1) is 16.8 Å². The van der Waals surface area contributed by atoms with Gasteiger partial charge in [-0.25, -0.2) is 22.4 Å². The molecule has 1 unspecified atom stereocenters. The third-order valence-electron chi connectivity index (χ3n) is 6.95. The lowest BCUT2D eigenvalue weighted by molar-refractivity contribution is -0.118. The van der Waals surface area contributed by atoms with E-state index in [2.05, 4.69) is 14.9 Å². The number of aromatic nitrogens is 3. The van der Waals surface area contributed by atoms with Crippen LogP contribution < -0.4 is 9.80 Å². The number of carbonyl (C=O) groups is 1. The fourth-order valence-electron chi connectivity index (χ4n) is 5.03. The molecule has 0 aliphatic carbocycles. The van der Waals surface area contributed by atoms with E-state index in [0.717, 1.165) is 30.6 Å². The third-order valence-corrected chi connectivity index (χ3v) is 8.63. The molecule has 1 aliphatic heterocycles. The van der Waals surface area contributed by atoms with E-state index in [1.807, 2.05) is 49.2 Å². The number of nitrogens with zero attached hydrogens (tertiary/aromatic N) is 5. The fraction of sp³-hybridized carbons (Fsp3) is 0.321. The van der Waals surface area contributed by atoms with E-state index >= 15 is 0 Å². The molecule has 1 atom stereocenters. The minimum Gasteiger partial charge on any atom is -0.367 e. The van der Waals surface area contributed by atoms with Crippen molar-refractivity contribution in [2.45, 2.75) is 31.1 Å². The monoisotopic (exact) mass is 517 g/mol. The molecule has 3 heterocycles. The van der Waals surface area contributed by atoms with Crippen LogP contribution in [0.5, 0.6) is 0 Å². The number of Topliss-reactive ketones (excluding diaryl/α,β-unsaturated/α-hetero) is 1. The molecule has 37 heavy (non-hydrogen) atoms. The second kappa shape index (κ2) is 10.3. The number of anilines is 2. The number of para-hydroxylation sites is 1. The highest BCUT2D eigenvalue weighted by atomic mass is 32.2. The normalized spacial score (nSPS) is 16.2. The van der Waals surface area contributed by atoms with Crippen LogP contribution in [0.2, 0.25) is 0 Å². The Bertz CT molecular complexity index is 1500. The molecule has 5 rings (SSSR count). The first-order chi connectivity index (χ1) is 17.8. The van der Waals surface area contributed by atoms with Gasteiger partial charge in [0, 0.05) is 38.4 Å².